The molecule has 1 saturated carbocycles. The lowest BCUT2D eigenvalue weighted by Gasteiger charge is -2.43. The number of hydrogen-bond acceptors (Lipinski definition) is 5. The van der Waals surface area contributed by atoms with Crippen molar-refractivity contribution in [1.29, 1.82) is 0 Å². The smallest absolute Gasteiger partial charge is 0.250 e. The lowest BCUT2D eigenvalue weighted by atomic mass is 9.87. The summed E-state index contributed by atoms with van der Waals surface area (Å²) in [7, 11) is -0.380. The van der Waals surface area contributed by atoms with Gasteiger partial charge in [0.15, 0.2) is 0 Å². The predicted molar refractivity (Wildman–Crippen MR) is 162 cm³/mol. The Morgan fingerprint density at radius 1 is 1.09 bits per heavy atom. The summed E-state index contributed by atoms with van der Waals surface area (Å²) < 4.78 is 64.7. The average Bonchev–Trinajstić information content (AvgIpc) is 3.45. The molecule has 8 nitrogen and oxygen atoms in total. The molecule has 5 rings (SSSR count). The Balaban J connectivity index is 1.24. The van der Waals surface area contributed by atoms with Crippen molar-refractivity contribution in [2.45, 2.75) is 107 Å². The number of carbonyl (C=O) groups is 1. The number of benzene rings is 1. The van der Waals surface area contributed by atoms with Crippen molar-refractivity contribution in [1.82, 2.24) is 18.7 Å². The second-order valence-corrected chi connectivity index (χ2v) is 14.4. The first-order valence-corrected chi connectivity index (χ1v) is 17.0. The molecule has 2 aromatic rings. The van der Waals surface area contributed by atoms with Crippen molar-refractivity contribution < 1.29 is 26.7 Å². The van der Waals surface area contributed by atoms with Crippen molar-refractivity contribution in [2.24, 2.45) is 0 Å². The second kappa shape index (κ2) is 12.9. The van der Waals surface area contributed by atoms with Crippen LogP contribution in [-0.4, -0.2) is 84.8 Å². The number of aryl methyl sites for hydroxylation is 2. The zero-order valence-electron chi connectivity index (χ0n) is 25.9. The van der Waals surface area contributed by atoms with E-state index in [1.807, 2.05) is 30.3 Å². The van der Waals surface area contributed by atoms with Crippen LogP contribution in [0.3, 0.4) is 0 Å². The summed E-state index contributed by atoms with van der Waals surface area (Å²) in [6, 6.07) is 7.40. The van der Waals surface area contributed by atoms with Crippen LogP contribution in [0.1, 0.15) is 80.7 Å². The Labute approximate surface area is 255 Å². The van der Waals surface area contributed by atoms with Gasteiger partial charge in [0.25, 0.3) is 5.92 Å². The molecule has 0 N–H and O–H groups in total. The molecule has 1 saturated heterocycles. The normalized spacial score (nSPS) is 24.8. The zero-order chi connectivity index (χ0) is 30.9. The number of halogens is 2. The van der Waals surface area contributed by atoms with Crippen LogP contribution >= 0.6 is 0 Å². The van der Waals surface area contributed by atoms with Gasteiger partial charge in [-0.2, -0.15) is 4.31 Å². The largest absolute Gasteiger partial charge is 0.497 e. The molecule has 1 amide bonds. The van der Waals surface area contributed by atoms with Crippen molar-refractivity contribution >= 4 is 15.9 Å². The number of piperidine rings is 1. The number of fused-ring (bicyclic) bond motifs is 1. The van der Waals surface area contributed by atoms with Gasteiger partial charge in [-0.3, -0.25) is 9.69 Å². The molecule has 43 heavy (non-hydrogen) atoms. The number of nitrogens with zero attached hydrogens (tertiary/aromatic N) is 4. The summed E-state index contributed by atoms with van der Waals surface area (Å²) in [5.41, 5.74) is 2.25. The molecule has 3 heterocycles. The van der Waals surface area contributed by atoms with Gasteiger partial charge >= 0.3 is 0 Å². The van der Waals surface area contributed by atoms with E-state index < -0.39 is 15.9 Å². The molecule has 11 heteroatoms. The number of ether oxygens (including phenoxy) is 1. The number of aromatic nitrogens is 1. The number of methoxy groups -OCH3 is 1. The van der Waals surface area contributed by atoms with Crippen LogP contribution < -0.4 is 4.74 Å². The van der Waals surface area contributed by atoms with E-state index in [0.717, 1.165) is 31.4 Å². The van der Waals surface area contributed by atoms with E-state index in [-0.39, 0.29) is 36.9 Å². The van der Waals surface area contributed by atoms with Gasteiger partial charge in [-0.1, -0.05) is 0 Å². The number of likely N-dealkylation sites (tertiary alicyclic amines) is 1. The lowest BCUT2D eigenvalue weighted by Crippen LogP contribution is -2.50. The van der Waals surface area contributed by atoms with Crippen LogP contribution in [0.4, 0.5) is 8.78 Å². The first-order chi connectivity index (χ1) is 20.4. The maximum Gasteiger partial charge on any atom is 0.250 e. The maximum atomic E-state index is 14.1. The molecule has 1 aromatic carbocycles. The van der Waals surface area contributed by atoms with E-state index >= 15 is 0 Å². The van der Waals surface area contributed by atoms with Crippen molar-refractivity contribution in [3.05, 3.63) is 47.3 Å². The molecule has 3 aliphatic rings. The van der Waals surface area contributed by atoms with Gasteiger partial charge in [0.05, 0.1) is 18.0 Å². The molecule has 0 spiro atoms. The standard InChI is InChI=1S/C32H46F2N4O4S/c1-23-20-27(42-4)21-24(2)31(23)43(40,41)38-19-18-37-15-7-11-28(37)29(38)10-6-12-30(39)35(3)25-8-5-9-26(22-25)36-16-13-32(33,34)14-17-36/h7,11,15,20-21,25-26,29H,5-6,8-10,12-14,16-19,22H2,1-4H3/t25-,26+,29?/m1/s1. The third-order valence-corrected chi connectivity index (χ3v) is 12.0. The van der Waals surface area contributed by atoms with E-state index in [1.54, 1.807) is 37.4 Å². The summed E-state index contributed by atoms with van der Waals surface area (Å²) in [5.74, 6) is -1.88. The van der Waals surface area contributed by atoms with Crippen LogP contribution in [0.15, 0.2) is 35.4 Å². The number of rotatable bonds is 9. The Hall–Kier alpha value is -2.50. The summed E-state index contributed by atoms with van der Waals surface area (Å²) >= 11 is 0. The average molecular weight is 621 g/mol. The van der Waals surface area contributed by atoms with Crippen LogP contribution in [0.5, 0.6) is 5.75 Å². The summed E-state index contributed by atoms with van der Waals surface area (Å²) in [6.45, 7) is 5.37. The Bertz CT molecular complexity index is 1380. The molecular weight excluding hydrogens is 574 g/mol. The molecule has 0 radical (unpaired) electrons. The van der Waals surface area contributed by atoms with Gasteiger partial charge in [-0.05, 0) is 87.8 Å². The fourth-order valence-electron chi connectivity index (χ4n) is 7.44. The van der Waals surface area contributed by atoms with Gasteiger partial charge in [0, 0.05) is 76.5 Å². The van der Waals surface area contributed by atoms with Gasteiger partial charge < -0.3 is 14.2 Å². The first-order valence-electron chi connectivity index (χ1n) is 15.6. The highest BCUT2D eigenvalue weighted by Crippen LogP contribution is 2.38. The fraction of sp³-hybridized carbons (Fsp3) is 0.656. The quantitative estimate of drug-likeness (QED) is 0.369. The van der Waals surface area contributed by atoms with Crippen LogP contribution in [-0.2, 0) is 21.4 Å². The minimum Gasteiger partial charge on any atom is -0.497 e. The number of carbonyl (C=O) groups excluding carboxylic acids is 1. The fourth-order valence-corrected chi connectivity index (χ4v) is 9.48. The number of amides is 1. The minimum atomic E-state index is -3.81. The predicted octanol–water partition coefficient (Wildman–Crippen LogP) is 5.53. The highest BCUT2D eigenvalue weighted by molar-refractivity contribution is 7.89. The third-order valence-electron chi connectivity index (χ3n) is 9.83. The topological polar surface area (TPSA) is 75.1 Å². The first kappa shape index (κ1) is 31.9. The van der Waals surface area contributed by atoms with Gasteiger partial charge in [-0.25, -0.2) is 17.2 Å². The summed E-state index contributed by atoms with van der Waals surface area (Å²) in [4.78, 5) is 17.7. The molecule has 1 unspecified atom stereocenters. The molecule has 1 aromatic heterocycles. The van der Waals surface area contributed by atoms with Crippen molar-refractivity contribution in [2.75, 3.05) is 33.8 Å². The van der Waals surface area contributed by atoms with Crippen LogP contribution in [0.2, 0.25) is 0 Å². The third kappa shape index (κ3) is 6.78. The van der Waals surface area contributed by atoms with Gasteiger partial charge in [0.1, 0.15) is 5.75 Å². The van der Waals surface area contributed by atoms with Crippen LogP contribution in [0, 0.1) is 13.8 Å². The monoisotopic (exact) mass is 620 g/mol. The molecule has 238 valence electrons. The summed E-state index contributed by atoms with van der Waals surface area (Å²) in [6.07, 6.45) is 6.95. The van der Waals surface area contributed by atoms with E-state index in [9.17, 15) is 22.0 Å². The zero-order valence-corrected chi connectivity index (χ0v) is 26.7. The highest BCUT2D eigenvalue weighted by Gasteiger charge is 2.40. The van der Waals surface area contributed by atoms with E-state index in [2.05, 4.69) is 9.47 Å². The van der Waals surface area contributed by atoms with Gasteiger partial charge in [0.2, 0.25) is 15.9 Å². The van der Waals surface area contributed by atoms with Crippen molar-refractivity contribution in [3.8, 4) is 5.75 Å². The van der Waals surface area contributed by atoms with E-state index in [4.69, 9.17) is 4.74 Å². The van der Waals surface area contributed by atoms with Gasteiger partial charge in [-0.15, -0.1) is 0 Å². The molecule has 2 fully saturated rings. The lowest BCUT2D eigenvalue weighted by molar-refractivity contribution is -0.133. The molecule has 3 atom stereocenters. The molecule has 0 bridgehead atoms. The number of alkyl halides is 2. The number of hydrogen-bond donors (Lipinski definition) is 0. The Morgan fingerprint density at radius 2 is 1.79 bits per heavy atom. The SMILES string of the molecule is COc1cc(C)c(S(=O)(=O)N2CCn3cccc3C2CCCC(=O)N(C)[C@@H]2CCC[C@H](N3CCC(F)(F)CC3)C2)c(C)c1. The summed E-state index contributed by atoms with van der Waals surface area (Å²) in [5, 5.41) is 0. The maximum absolute atomic E-state index is 14.1. The van der Waals surface area contributed by atoms with E-state index in [0.29, 0.717) is 67.2 Å². The molecule has 1 aliphatic carbocycles. The van der Waals surface area contributed by atoms with E-state index in [1.165, 1.54) is 0 Å². The highest BCUT2D eigenvalue weighted by atomic mass is 32.2. The molecule has 2 aliphatic heterocycles. The minimum absolute atomic E-state index is 0.0540. The Kier molecular flexibility index (Phi) is 9.54. The molecular formula is C32H46F2N4O4S. The Morgan fingerprint density at radius 3 is 2.47 bits per heavy atom. The van der Waals surface area contributed by atoms with Crippen LogP contribution in [0.25, 0.3) is 0 Å². The second-order valence-electron chi connectivity index (χ2n) is 12.6. The number of sulfonamides is 1. The van der Waals surface area contributed by atoms with Crippen molar-refractivity contribution in [3.63, 3.8) is 0 Å².